The number of carboxylic acid groups (broad SMARTS) is 1. The Bertz CT molecular complexity index is 683. The molecule has 0 aliphatic carbocycles. The monoisotopic (exact) mass is 335 g/mol. The number of amides is 1. The predicted molar refractivity (Wildman–Crippen MR) is 82.9 cm³/mol. The summed E-state index contributed by atoms with van der Waals surface area (Å²) in [6.45, 7) is 0.843. The Hall–Kier alpha value is -2.22. The number of carbonyl (C=O) groups is 2. The van der Waals surface area contributed by atoms with E-state index in [4.69, 9.17) is 9.63 Å². The number of aryl methyl sites for hydroxylation is 1. The number of thiophene rings is 1. The van der Waals surface area contributed by atoms with Gasteiger partial charge in [0.2, 0.25) is 17.6 Å². The molecule has 3 heterocycles. The summed E-state index contributed by atoms with van der Waals surface area (Å²) in [7, 11) is 0. The standard InChI is InChI=1S/C15H17N3O4S/c19-13(18-7-6-10(9-18)15(20)21)5-1-4-12-16-14(17-22-12)11-3-2-8-23-11/h2-3,8,10H,1,4-7,9H2,(H,20,21). The van der Waals surface area contributed by atoms with Crippen LogP contribution in [0.25, 0.3) is 10.7 Å². The van der Waals surface area contributed by atoms with Crippen molar-refractivity contribution in [3.8, 4) is 10.7 Å². The molecule has 1 unspecified atom stereocenters. The maximum Gasteiger partial charge on any atom is 0.308 e. The van der Waals surface area contributed by atoms with Crippen LogP contribution in [0.4, 0.5) is 0 Å². The molecule has 1 amide bonds. The van der Waals surface area contributed by atoms with E-state index in [1.54, 1.807) is 16.2 Å². The van der Waals surface area contributed by atoms with Gasteiger partial charge in [0.1, 0.15) is 0 Å². The number of likely N-dealkylation sites (tertiary alicyclic amines) is 1. The van der Waals surface area contributed by atoms with Crippen molar-refractivity contribution >= 4 is 23.2 Å². The molecule has 1 N–H and O–H groups in total. The lowest BCUT2D eigenvalue weighted by atomic mass is 10.1. The van der Waals surface area contributed by atoms with Gasteiger partial charge in [-0.3, -0.25) is 9.59 Å². The van der Waals surface area contributed by atoms with Crippen molar-refractivity contribution in [1.29, 1.82) is 0 Å². The molecule has 0 radical (unpaired) electrons. The van der Waals surface area contributed by atoms with Gasteiger partial charge in [-0.05, 0) is 24.3 Å². The van der Waals surface area contributed by atoms with Gasteiger partial charge in [0, 0.05) is 25.9 Å². The second-order valence-electron chi connectivity index (χ2n) is 5.51. The fourth-order valence-corrected chi connectivity index (χ4v) is 3.25. The Labute approximate surface area is 136 Å². The van der Waals surface area contributed by atoms with Crippen LogP contribution in [0.15, 0.2) is 22.0 Å². The first-order valence-corrected chi connectivity index (χ1v) is 8.38. The summed E-state index contributed by atoms with van der Waals surface area (Å²) in [5, 5.41) is 14.8. The fraction of sp³-hybridized carbons (Fsp3) is 0.467. The van der Waals surface area contributed by atoms with Crippen molar-refractivity contribution in [3.05, 3.63) is 23.4 Å². The molecule has 7 nitrogen and oxygen atoms in total. The average Bonchev–Trinajstić information content (AvgIpc) is 3.27. The smallest absolute Gasteiger partial charge is 0.308 e. The highest BCUT2D eigenvalue weighted by atomic mass is 32.1. The van der Waals surface area contributed by atoms with Crippen molar-refractivity contribution in [1.82, 2.24) is 15.0 Å². The van der Waals surface area contributed by atoms with E-state index in [2.05, 4.69) is 10.1 Å². The molecule has 0 aromatic carbocycles. The van der Waals surface area contributed by atoms with E-state index in [-0.39, 0.29) is 5.91 Å². The van der Waals surface area contributed by atoms with Crippen LogP contribution < -0.4 is 0 Å². The summed E-state index contributed by atoms with van der Waals surface area (Å²) in [6, 6.07) is 3.85. The second-order valence-corrected chi connectivity index (χ2v) is 6.45. The van der Waals surface area contributed by atoms with E-state index in [1.807, 2.05) is 17.5 Å². The Balaban J connectivity index is 1.45. The van der Waals surface area contributed by atoms with E-state index in [1.165, 1.54) is 0 Å². The Kier molecular flexibility index (Phi) is 4.71. The summed E-state index contributed by atoms with van der Waals surface area (Å²) >= 11 is 1.54. The van der Waals surface area contributed by atoms with Crippen molar-refractivity contribution in [2.45, 2.75) is 25.7 Å². The lowest BCUT2D eigenvalue weighted by molar-refractivity contribution is -0.141. The van der Waals surface area contributed by atoms with Crippen LogP contribution in [0.1, 0.15) is 25.2 Å². The summed E-state index contributed by atoms with van der Waals surface area (Å²) in [6.07, 6.45) is 2.05. The van der Waals surface area contributed by atoms with Gasteiger partial charge in [0.15, 0.2) is 0 Å². The first-order valence-electron chi connectivity index (χ1n) is 7.50. The highest BCUT2D eigenvalue weighted by Gasteiger charge is 2.30. The zero-order valence-electron chi connectivity index (χ0n) is 12.5. The average molecular weight is 335 g/mol. The Morgan fingerprint density at radius 2 is 2.35 bits per heavy atom. The minimum Gasteiger partial charge on any atom is -0.481 e. The predicted octanol–water partition coefficient (Wildman–Crippen LogP) is 2.05. The molecule has 0 bridgehead atoms. The number of hydrogen-bond donors (Lipinski definition) is 1. The molecule has 2 aromatic rings. The van der Waals surface area contributed by atoms with E-state index in [0.29, 0.717) is 50.5 Å². The van der Waals surface area contributed by atoms with Gasteiger partial charge < -0.3 is 14.5 Å². The van der Waals surface area contributed by atoms with E-state index >= 15 is 0 Å². The van der Waals surface area contributed by atoms with Crippen molar-refractivity contribution in [2.75, 3.05) is 13.1 Å². The molecular weight excluding hydrogens is 318 g/mol. The van der Waals surface area contributed by atoms with Crippen LogP contribution in [0.5, 0.6) is 0 Å². The van der Waals surface area contributed by atoms with Crippen molar-refractivity contribution in [2.24, 2.45) is 5.92 Å². The normalized spacial score (nSPS) is 17.6. The van der Waals surface area contributed by atoms with Crippen LogP contribution >= 0.6 is 11.3 Å². The largest absolute Gasteiger partial charge is 0.481 e. The van der Waals surface area contributed by atoms with Gasteiger partial charge >= 0.3 is 5.97 Å². The van der Waals surface area contributed by atoms with Crippen LogP contribution in [0, 0.1) is 5.92 Å². The summed E-state index contributed by atoms with van der Waals surface area (Å²) in [5.41, 5.74) is 0. The SMILES string of the molecule is O=C(O)C1CCN(C(=O)CCCc2nc(-c3cccs3)no2)C1. The summed E-state index contributed by atoms with van der Waals surface area (Å²) in [5.74, 6) is -0.168. The van der Waals surface area contributed by atoms with Crippen molar-refractivity contribution < 1.29 is 19.2 Å². The molecule has 1 saturated heterocycles. The van der Waals surface area contributed by atoms with Gasteiger partial charge in [0.05, 0.1) is 10.8 Å². The lowest BCUT2D eigenvalue weighted by Crippen LogP contribution is -2.29. The number of rotatable bonds is 6. The molecule has 1 aliphatic heterocycles. The summed E-state index contributed by atoms with van der Waals surface area (Å²) in [4.78, 5) is 29.9. The molecule has 2 aromatic heterocycles. The number of aromatic nitrogens is 2. The van der Waals surface area contributed by atoms with E-state index in [0.717, 1.165) is 4.88 Å². The topological polar surface area (TPSA) is 96.5 Å². The van der Waals surface area contributed by atoms with Crippen LogP contribution in [0.2, 0.25) is 0 Å². The molecule has 8 heteroatoms. The van der Waals surface area contributed by atoms with Crippen LogP contribution in [-0.4, -0.2) is 45.1 Å². The Morgan fingerprint density at radius 1 is 1.48 bits per heavy atom. The maximum atomic E-state index is 12.1. The third-order valence-electron chi connectivity index (χ3n) is 3.88. The van der Waals surface area contributed by atoms with Crippen LogP contribution in [0.3, 0.4) is 0 Å². The molecule has 0 spiro atoms. The van der Waals surface area contributed by atoms with Gasteiger partial charge in [-0.25, -0.2) is 0 Å². The lowest BCUT2D eigenvalue weighted by Gasteiger charge is -2.15. The highest BCUT2D eigenvalue weighted by molar-refractivity contribution is 7.13. The highest BCUT2D eigenvalue weighted by Crippen LogP contribution is 2.22. The molecule has 23 heavy (non-hydrogen) atoms. The number of aliphatic carboxylic acids is 1. The van der Waals surface area contributed by atoms with E-state index < -0.39 is 11.9 Å². The maximum absolute atomic E-state index is 12.1. The molecular formula is C15H17N3O4S. The third-order valence-corrected chi connectivity index (χ3v) is 4.75. The summed E-state index contributed by atoms with van der Waals surface area (Å²) < 4.78 is 5.19. The molecule has 122 valence electrons. The zero-order chi connectivity index (χ0) is 16.2. The first kappa shape index (κ1) is 15.7. The third kappa shape index (κ3) is 3.76. The fourth-order valence-electron chi connectivity index (χ4n) is 2.60. The van der Waals surface area contributed by atoms with E-state index in [9.17, 15) is 9.59 Å². The quantitative estimate of drug-likeness (QED) is 0.868. The van der Waals surface area contributed by atoms with Gasteiger partial charge in [-0.1, -0.05) is 11.2 Å². The molecule has 1 aliphatic rings. The second kappa shape index (κ2) is 6.91. The van der Waals surface area contributed by atoms with Crippen molar-refractivity contribution in [3.63, 3.8) is 0 Å². The molecule has 0 saturated carbocycles. The zero-order valence-corrected chi connectivity index (χ0v) is 13.3. The number of carboxylic acids is 1. The Morgan fingerprint density at radius 3 is 3.04 bits per heavy atom. The molecule has 1 atom stereocenters. The number of hydrogen-bond acceptors (Lipinski definition) is 6. The minimum atomic E-state index is -0.827. The van der Waals surface area contributed by atoms with Crippen LogP contribution in [-0.2, 0) is 16.0 Å². The molecule has 1 fully saturated rings. The van der Waals surface area contributed by atoms with Gasteiger partial charge in [0.25, 0.3) is 0 Å². The van der Waals surface area contributed by atoms with Gasteiger partial charge in [-0.2, -0.15) is 4.98 Å². The van der Waals surface area contributed by atoms with Gasteiger partial charge in [-0.15, -0.1) is 11.3 Å². The minimum absolute atomic E-state index is 0.00764. The first-order chi connectivity index (χ1) is 11.1. The molecule has 3 rings (SSSR count). The number of nitrogens with zero attached hydrogens (tertiary/aromatic N) is 3. The number of carbonyl (C=O) groups excluding carboxylic acids is 1.